The Morgan fingerprint density at radius 2 is 1.94 bits per heavy atom. The quantitative estimate of drug-likeness (QED) is 0.489. The van der Waals surface area contributed by atoms with Crippen molar-refractivity contribution in [3.05, 3.63) is 0 Å². The second-order valence-corrected chi connectivity index (χ2v) is 4.16. The third-order valence-corrected chi connectivity index (χ3v) is 2.99. The van der Waals surface area contributed by atoms with E-state index < -0.39 is 26.8 Å². The number of carboxylic acid groups (broad SMARTS) is 1. The van der Waals surface area contributed by atoms with Crippen molar-refractivity contribution in [2.75, 3.05) is 0 Å². The molecule has 0 radical (unpaired) electrons. The number of amides is 1. The summed E-state index contributed by atoms with van der Waals surface area (Å²) >= 11 is 0. The number of rotatable bonds is 4. The first-order chi connectivity index (χ1) is 7.66. The molecule has 88 valence electrons. The van der Waals surface area contributed by atoms with E-state index in [2.05, 4.69) is 9.89 Å². The molecule has 0 aliphatic heterocycles. The van der Waals surface area contributed by atoms with Crippen molar-refractivity contribution in [3.8, 4) is 0 Å². The summed E-state index contributed by atoms with van der Waals surface area (Å²) in [6, 6.07) is 0. The first-order valence-corrected chi connectivity index (χ1v) is 6.00. The van der Waals surface area contributed by atoms with E-state index in [1.807, 2.05) is 0 Å². The molecule has 1 rings (SSSR count). The van der Waals surface area contributed by atoms with Gasteiger partial charge in [-0.15, -0.1) is 0 Å². The van der Waals surface area contributed by atoms with Crippen LogP contribution in [0.4, 0.5) is 0 Å². The molecule has 0 bridgehead atoms. The maximum absolute atomic E-state index is 11.6. The van der Waals surface area contributed by atoms with Gasteiger partial charge in [-0.3, -0.25) is 0 Å². The van der Waals surface area contributed by atoms with E-state index in [4.69, 9.17) is 10.00 Å². The minimum atomic E-state index is -0.916. The molecule has 16 heavy (non-hydrogen) atoms. The summed E-state index contributed by atoms with van der Waals surface area (Å²) in [6.07, 6.45) is 2.87. The van der Waals surface area contributed by atoms with Crippen molar-refractivity contribution >= 4 is 28.0 Å². The van der Waals surface area contributed by atoms with Crippen LogP contribution in [-0.4, -0.2) is 29.1 Å². The molecule has 3 N–H and O–H groups in total. The van der Waals surface area contributed by atoms with Crippen molar-refractivity contribution in [1.29, 1.82) is 0 Å². The van der Waals surface area contributed by atoms with Gasteiger partial charge in [-0.25, -0.2) is 0 Å². The molecule has 1 saturated carbocycles. The SMILES string of the molecule is O=C(O)[C@H]1CCCC[C@H]1C(=O)NB=NPO. The monoisotopic (exact) mass is 244 g/mol. The van der Waals surface area contributed by atoms with Crippen LogP contribution in [0.3, 0.4) is 0 Å². The molecule has 0 aromatic heterocycles. The number of nitrogens with zero attached hydrogens (tertiary/aromatic N) is 1. The second kappa shape index (κ2) is 6.71. The molecule has 1 aliphatic rings. The van der Waals surface area contributed by atoms with Crippen molar-refractivity contribution in [3.63, 3.8) is 0 Å². The van der Waals surface area contributed by atoms with Crippen LogP contribution >= 0.6 is 8.96 Å². The molecule has 0 aromatic rings. The zero-order valence-electron chi connectivity index (χ0n) is 8.72. The number of carbonyl (C=O) groups is 2. The van der Waals surface area contributed by atoms with Crippen LogP contribution in [0.5, 0.6) is 0 Å². The van der Waals surface area contributed by atoms with E-state index in [-0.39, 0.29) is 5.91 Å². The number of carboxylic acids is 1. The van der Waals surface area contributed by atoms with Crippen molar-refractivity contribution in [1.82, 2.24) is 5.23 Å². The third kappa shape index (κ3) is 3.65. The van der Waals surface area contributed by atoms with Crippen molar-refractivity contribution in [2.24, 2.45) is 16.5 Å². The van der Waals surface area contributed by atoms with Gasteiger partial charge in [0.25, 0.3) is 0 Å². The first-order valence-electron chi connectivity index (χ1n) is 5.10. The van der Waals surface area contributed by atoms with Crippen LogP contribution in [0.1, 0.15) is 25.7 Å². The van der Waals surface area contributed by atoms with Gasteiger partial charge in [0.2, 0.25) is 0 Å². The summed E-state index contributed by atoms with van der Waals surface area (Å²) in [4.78, 5) is 31.0. The zero-order chi connectivity index (χ0) is 12.0. The van der Waals surface area contributed by atoms with Crippen LogP contribution in [0.2, 0.25) is 0 Å². The van der Waals surface area contributed by atoms with Gasteiger partial charge < -0.3 is 0 Å². The standard InChI is InChI=1S/C8H14BN2O4P/c12-7(10-9-11-16-15)5-3-1-2-4-6(5)8(13)14/h5-6,15-16H,1-4H2,(H,10,12)(H,13,14)/t5-,6+/m1/s1. The van der Waals surface area contributed by atoms with Gasteiger partial charge in [0.1, 0.15) is 0 Å². The predicted molar refractivity (Wildman–Crippen MR) is 59.9 cm³/mol. The number of carbonyl (C=O) groups excluding carboxylic acids is 1. The molecule has 1 fully saturated rings. The normalized spacial score (nSPS) is 25.8. The molecule has 0 saturated heterocycles. The Balaban J connectivity index is 2.57. The van der Waals surface area contributed by atoms with Gasteiger partial charge in [-0.05, 0) is 0 Å². The first kappa shape index (κ1) is 13.3. The predicted octanol–water partition coefficient (Wildman–Crippen LogP) is 0.297. The Morgan fingerprint density at radius 1 is 1.31 bits per heavy atom. The van der Waals surface area contributed by atoms with Crippen LogP contribution in [0.15, 0.2) is 4.67 Å². The third-order valence-electron chi connectivity index (χ3n) is 2.75. The molecule has 0 spiro atoms. The summed E-state index contributed by atoms with van der Waals surface area (Å²) in [6.45, 7) is 0. The molecule has 1 unspecified atom stereocenters. The van der Waals surface area contributed by atoms with E-state index in [0.29, 0.717) is 12.8 Å². The van der Waals surface area contributed by atoms with E-state index in [1.165, 1.54) is 0 Å². The summed E-state index contributed by atoms with van der Waals surface area (Å²) in [5.74, 6) is -2.33. The number of hydrogen-bond donors (Lipinski definition) is 3. The van der Waals surface area contributed by atoms with E-state index >= 15 is 0 Å². The van der Waals surface area contributed by atoms with Crippen LogP contribution in [-0.2, 0) is 9.59 Å². The fourth-order valence-electron chi connectivity index (χ4n) is 1.97. The Morgan fingerprint density at radius 3 is 2.50 bits per heavy atom. The van der Waals surface area contributed by atoms with E-state index in [9.17, 15) is 9.59 Å². The molecule has 1 aliphatic carbocycles. The molecule has 1 amide bonds. The summed E-state index contributed by atoms with van der Waals surface area (Å²) in [7, 11) is 0.513. The molecular formula is C8H14BN2O4P. The molecule has 0 heterocycles. The van der Waals surface area contributed by atoms with Gasteiger partial charge in [0.05, 0.1) is 0 Å². The summed E-state index contributed by atoms with van der Waals surface area (Å²) < 4.78 is 3.46. The van der Waals surface area contributed by atoms with Gasteiger partial charge in [0.15, 0.2) is 0 Å². The van der Waals surface area contributed by atoms with Crippen LogP contribution in [0, 0.1) is 11.8 Å². The maximum atomic E-state index is 11.6. The Labute approximate surface area is 95.7 Å². The van der Waals surface area contributed by atoms with Crippen LogP contribution in [0.25, 0.3) is 0 Å². The van der Waals surface area contributed by atoms with Gasteiger partial charge >= 0.3 is 95.0 Å². The van der Waals surface area contributed by atoms with E-state index in [1.54, 1.807) is 0 Å². The number of hydrogen-bond acceptors (Lipinski definition) is 4. The van der Waals surface area contributed by atoms with Gasteiger partial charge in [-0.1, -0.05) is 0 Å². The number of aliphatic carboxylic acids is 1. The molecule has 3 atom stereocenters. The van der Waals surface area contributed by atoms with E-state index in [0.717, 1.165) is 20.0 Å². The summed E-state index contributed by atoms with van der Waals surface area (Å²) in [5.41, 5.74) is 0. The minimum absolute atomic E-state index is 0.325. The van der Waals surface area contributed by atoms with Crippen molar-refractivity contribution < 1.29 is 19.6 Å². The topological polar surface area (TPSA) is 99.0 Å². The van der Waals surface area contributed by atoms with Crippen LogP contribution < -0.4 is 5.23 Å². The zero-order valence-corrected chi connectivity index (χ0v) is 9.72. The van der Waals surface area contributed by atoms with Crippen molar-refractivity contribution in [2.45, 2.75) is 25.7 Å². The Hall–Kier alpha value is -0.805. The average molecular weight is 244 g/mol. The van der Waals surface area contributed by atoms with Gasteiger partial charge in [0, 0.05) is 0 Å². The fourth-order valence-corrected chi connectivity index (χ4v) is 2.09. The fraction of sp³-hybridized carbons (Fsp3) is 0.750. The second-order valence-electron chi connectivity index (χ2n) is 3.70. The molecule has 6 nitrogen and oxygen atoms in total. The van der Waals surface area contributed by atoms with Gasteiger partial charge in [-0.2, -0.15) is 0 Å². The molecular weight excluding hydrogens is 230 g/mol. The molecule has 0 aromatic carbocycles. The molecule has 8 heteroatoms. The average Bonchev–Trinajstić information content (AvgIpc) is 2.29. The Kier molecular flexibility index (Phi) is 5.56. The Bertz CT molecular complexity index is 300. The number of nitrogens with one attached hydrogen (secondary N) is 1. The summed E-state index contributed by atoms with van der Waals surface area (Å²) in [5, 5.41) is 11.4.